The normalized spacial score (nSPS) is 14.9. The molecule has 1 aliphatic heterocycles. The lowest BCUT2D eigenvalue weighted by Crippen LogP contribution is -2.48. The SMILES string of the molecule is Cc1ccc2nc3c(cc(C(=O)N4CCN(C)CC4)c(=N)n3-c3ccccc3)c(=O)n2c1. The van der Waals surface area contributed by atoms with Gasteiger partial charge in [-0.25, -0.2) is 4.98 Å². The molecule has 8 heteroatoms. The molecule has 1 aromatic carbocycles. The summed E-state index contributed by atoms with van der Waals surface area (Å²) in [5.41, 5.74) is 2.45. The number of aryl methyl sites for hydroxylation is 1. The molecule has 0 bridgehead atoms. The maximum absolute atomic E-state index is 13.4. The molecule has 8 nitrogen and oxygen atoms in total. The molecule has 32 heavy (non-hydrogen) atoms. The van der Waals surface area contributed by atoms with Gasteiger partial charge in [0.2, 0.25) is 0 Å². The summed E-state index contributed by atoms with van der Waals surface area (Å²) in [5, 5.41) is 9.23. The average molecular weight is 428 g/mol. The van der Waals surface area contributed by atoms with Gasteiger partial charge >= 0.3 is 0 Å². The van der Waals surface area contributed by atoms with Gasteiger partial charge in [-0.05, 0) is 43.8 Å². The van der Waals surface area contributed by atoms with Gasteiger partial charge in [-0.1, -0.05) is 24.3 Å². The van der Waals surface area contributed by atoms with E-state index in [1.165, 1.54) is 4.40 Å². The van der Waals surface area contributed by atoms with Crippen LogP contribution in [0.1, 0.15) is 15.9 Å². The van der Waals surface area contributed by atoms with Gasteiger partial charge in [0.05, 0.1) is 10.9 Å². The Morgan fingerprint density at radius 2 is 1.75 bits per heavy atom. The molecular formula is C24H24N6O2. The molecule has 162 valence electrons. The monoisotopic (exact) mass is 428 g/mol. The maximum atomic E-state index is 13.4. The number of amides is 1. The van der Waals surface area contributed by atoms with Crippen molar-refractivity contribution in [1.29, 1.82) is 5.41 Å². The second kappa shape index (κ2) is 7.72. The Bertz CT molecular complexity index is 1460. The minimum Gasteiger partial charge on any atom is -0.336 e. The molecule has 3 aromatic heterocycles. The molecule has 0 saturated carbocycles. The fourth-order valence-corrected chi connectivity index (χ4v) is 4.15. The first-order valence-electron chi connectivity index (χ1n) is 10.6. The van der Waals surface area contributed by atoms with E-state index in [2.05, 4.69) is 4.90 Å². The Morgan fingerprint density at radius 1 is 1.03 bits per heavy atom. The van der Waals surface area contributed by atoms with Crippen molar-refractivity contribution in [3.63, 3.8) is 0 Å². The Morgan fingerprint density at radius 3 is 2.47 bits per heavy atom. The summed E-state index contributed by atoms with van der Waals surface area (Å²) < 4.78 is 3.10. The second-order valence-corrected chi connectivity index (χ2v) is 8.26. The maximum Gasteiger partial charge on any atom is 0.267 e. The second-order valence-electron chi connectivity index (χ2n) is 8.26. The lowest BCUT2D eigenvalue weighted by Gasteiger charge is -2.32. The minimum atomic E-state index is -0.259. The van der Waals surface area contributed by atoms with Crippen molar-refractivity contribution < 1.29 is 4.79 Å². The topological polar surface area (TPSA) is 86.7 Å². The molecule has 1 saturated heterocycles. The van der Waals surface area contributed by atoms with Gasteiger partial charge in [-0.15, -0.1) is 0 Å². The molecule has 0 spiro atoms. The first-order chi connectivity index (χ1) is 15.4. The van der Waals surface area contributed by atoms with Crippen molar-refractivity contribution in [3.05, 3.63) is 81.7 Å². The number of aromatic nitrogens is 3. The molecular weight excluding hydrogens is 404 g/mol. The van der Waals surface area contributed by atoms with Crippen LogP contribution in [0, 0.1) is 12.3 Å². The lowest BCUT2D eigenvalue weighted by molar-refractivity contribution is 0.0661. The van der Waals surface area contributed by atoms with Gasteiger partial charge in [-0.2, -0.15) is 0 Å². The van der Waals surface area contributed by atoms with Crippen LogP contribution in [0.25, 0.3) is 22.4 Å². The summed E-state index contributed by atoms with van der Waals surface area (Å²) in [7, 11) is 2.02. The molecule has 0 atom stereocenters. The van der Waals surface area contributed by atoms with E-state index in [0.29, 0.717) is 35.5 Å². The van der Waals surface area contributed by atoms with E-state index in [4.69, 9.17) is 10.4 Å². The quantitative estimate of drug-likeness (QED) is 0.494. The molecule has 4 aromatic rings. The smallest absolute Gasteiger partial charge is 0.267 e. The third-order valence-corrected chi connectivity index (χ3v) is 6.00. The summed E-state index contributed by atoms with van der Waals surface area (Å²) in [4.78, 5) is 35.5. The van der Waals surface area contributed by atoms with E-state index in [0.717, 1.165) is 18.7 Å². The third-order valence-electron chi connectivity index (χ3n) is 6.00. The number of rotatable bonds is 2. The highest BCUT2D eigenvalue weighted by Gasteiger charge is 2.24. The van der Waals surface area contributed by atoms with Crippen molar-refractivity contribution in [2.75, 3.05) is 33.2 Å². The largest absolute Gasteiger partial charge is 0.336 e. The predicted octanol–water partition coefficient (Wildman–Crippen LogP) is 1.81. The van der Waals surface area contributed by atoms with Crippen LogP contribution < -0.4 is 11.0 Å². The highest BCUT2D eigenvalue weighted by atomic mass is 16.2. The van der Waals surface area contributed by atoms with Gasteiger partial charge < -0.3 is 9.80 Å². The first-order valence-corrected chi connectivity index (χ1v) is 10.6. The zero-order chi connectivity index (χ0) is 22.4. The van der Waals surface area contributed by atoms with Gasteiger partial charge in [0.25, 0.3) is 11.5 Å². The van der Waals surface area contributed by atoms with Crippen LogP contribution in [-0.2, 0) is 0 Å². The van der Waals surface area contributed by atoms with Crippen LogP contribution in [-0.4, -0.2) is 62.9 Å². The van der Waals surface area contributed by atoms with Gasteiger partial charge in [0.1, 0.15) is 11.1 Å². The number of para-hydroxylation sites is 1. The number of hydrogen-bond donors (Lipinski definition) is 1. The Hall–Kier alpha value is -3.78. The highest BCUT2D eigenvalue weighted by molar-refractivity contribution is 5.97. The Balaban J connectivity index is 1.82. The van der Waals surface area contributed by atoms with E-state index in [1.807, 2.05) is 50.4 Å². The first kappa shape index (κ1) is 20.1. The van der Waals surface area contributed by atoms with Crippen LogP contribution in [0.3, 0.4) is 0 Å². The van der Waals surface area contributed by atoms with Crippen LogP contribution >= 0.6 is 0 Å². The molecule has 4 heterocycles. The lowest BCUT2D eigenvalue weighted by atomic mass is 10.1. The molecule has 5 rings (SSSR count). The number of carbonyl (C=O) groups is 1. The molecule has 1 fully saturated rings. The van der Waals surface area contributed by atoms with Crippen molar-refractivity contribution in [3.8, 4) is 5.69 Å². The number of benzene rings is 1. The number of fused-ring (bicyclic) bond motifs is 2. The van der Waals surface area contributed by atoms with Gasteiger partial charge in [0, 0.05) is 38.1 Å². The third kappa shape index (κ3) is 3.29. The summed E-state index contributed by atoms with van der Waals surface area (Å²) in [5.74, 6) is -0.233. The molecule has 1 amide bonds. The van der Waals surface area contributed by atoms with Crippen molar-refractivity contribution in [2.45, 2.75) is 6.92 Å². The molecule has 0 aliphatic carbocycles. The van der Waals surface area contributed by atoms with Crippen LogP contribution in [0.4, 0.5) is 0 Å². The fourth-order valence-electron chi connectivity index (χ4n) is 4.15. The standard InChI is InChI=1S/C24H24N6O2/c1-16-8-9-20-26-22-19(24(32)29(20)15-16)14-18(23(31)28-12-10-27(2)11-13-28)21(25)30(22)17-6-4-3-5-7-17/h3-9,14-15,25H,10-13H2,1-2H3. The minimum absolute atomic E-state index is 0.0241. The number of nitrogens with zero attached hydrogens (tertiary/aromatic N) is 5. The predicted molar refractivity (Wildman–Crippen MR) is 122 cm³/mol. The van der Waals surface area contributed by atoms with Crippen LogP contribution in [0.15, 0.2) is 59.5 Å². The van der Waals surface area contributed by atoms with E-state index in [9.17, 15) is 9.59 Å². The average Bonchev–Trinajstić information content (AvgIpc) is 2.80. The van der Waals surface area contributed by atoms with E-state index >= 15 is 0 Å². The van der Waals surface area contributed by atoms with E-state index in [1.54, 1.807) is 27.8 Å². The van der Waals surface area contributed by atoms with Crippen molar-refractivity contribution >= 4 is 22.6 Å². The molecule has 0 radical (unpaired) electrons. The fraction of sp³-hybridized carbons (Fsp3) is 0.250. The summed E-state index contributed by atoms with van der Waals surface area (Å²) in [6, 6.07) is 14.5. The summed E-state index contributed by atoms with van der Waals surface area (Å²) >= 11 is 0. The zero-order valence-electron chi connectivity index (χ0n) is 18.1. The van der Waals surface area contributed by atoms with E-state index in [-0.39, 0.29) is 22.5 Å². The zero-order valence-corrected chi connectivity index (χ0v) is 18.1. The molecule has 0 unspecified atom stereocenters. The van der Waals surface area contributed by atoms with Gasteiger partial charge in [0.15, 0.2) is 5.65 Å². The number of hydrogen-bond acceptors (Lipinski definition) is 5. The van der Waals surface area contributed by atoms with Gasteiger partial charge in [-0.3, -0.25) is 24.0 Å². The van der Waals surface area contributed by atoms with Crippen molar-refractivity contribution in [2.24, 2.45) is 0 Å². The van der Waals surface area contributed by atoms with E-state index < -0.39 is 0 Å². The number of likely N-dealkylation sites (N-methyl/N-ethyl adjacent to an activating group) is 1. The molecule has 1 aliphatic rings. The number of nitrogens with one attached hydrogen (secondary N) is 1. The number of carbonyl (C=O) groups excluding carboxylic acids is 1. The summed E-state index contributed by atoms with van der Waals surface area (Å²) in [6.45, 7) is 4.65. The number of pyridine rings is 2. The van der Waals surface area contributed by atoms with Crippen LogP contribution in [0.5, 0.6) is 0 Å². The van der Waals surface area contributed by atoms with Crippen molar-refractivity contribution in [1.82, 2.24) is 23.8 Å². The molecule has 1 N–H and O–H groups in total. The number of piperazine rings is 1. The Labute approximate surface area is 184 Å². The Kier molecular flexibility index (Phi) is 4.86. The highest BCUT2D eigenvalue weighted by Crippen LogP contribution is 2.17. The summed E-state index contributed by atoms with van der Waals surface area (Å²) in [6.07, 6.45) is 1.74. The van der Waals surface area contributed by atoms with Crippen LogP contribution in [0.2, 0.25) is 0 Å².